The van der Waals surface area contributed by atoms with E-state index in [1.807, 2.05) is 17.5 Å². The van der Waals surface area contributed by atoms with Crippen molar-refractivity contribution >= 4 is 23.2 Å². The summed E-state index contributed by atoms with van der Waals surface area (Å²) < 4.78 is 16.1. The Hall–Kier alpha value is -2.74. The number of rotatable bonds is 9. The summed E-state index contributed by atoms with van der Waals surface area (Å²) >= 11 is 1.37. The van der Waals surface area contributed by atoms with Crippen LogP contribution in [0.15, 0.2) is 29.6 Å². The van der Waals surface area contributed by atoms with Gasteiger partial charge in [0.1, 0.15) is 0 Å². The van der Waals surface area contributed by atoms with Gasteiger partial charge in [0.05, 0.1) is 26.2 Å². The lowest BCUT2D eigenvalue weighted by Gasteiger charge is -2.21. The van der Waals surface area contributed by atoms with Gasteiger partial charge in [-0.2, -0.15) is 0 Å². The number of carbonyl (C=O) groups excluding carboxylic acids is 2. The average molecular weight is 392 g/mol. The Bertz CT molecular complexity index is 777. The molecule has 0 aliphatic heterocycles. The molecule has 1 aromatic carbocycles. The predicted octanol–water partition coefficient (Wildman–Crippen LogP) is 2.55. The zero-order chi connectivity index (χ0) is 19.8. The highest BCUT2D eigenvalue weighted by Crippen LogP contribution is 2.40. The first-order chi connectivity index (χ1) is 13.0. The first kappa shape index (κ1) is 20.6. The predicted molar refractivity (Wildman–Crippen MR) is 104 cm³/mol. The molecule has 0 bridgehead atoms. The maximum atomic E-state index is 12.4. The number of nitrogens with zero attached hydrogens (tertiary/aromatic N) is 1. The van der Waals surface area contributed by atoms with Gasteiger partial charge in [-0.05, 0) is 23.6 Å². The van der Waals surface area contributed by atoms with E-state index in [0.717, 1.165) is 5.56 Å². The standard InChI is InChI=1S/C19H24N2O5S/c1-21(16(22)9-10-20-19(23)15-6-5-11-27-15)12-13-7-8-14(24-2)18(26-4)17(13)25-3/h5-8,11H,9-10,12H2,1-4H3,(H,20,23). The fourth-order valence-electron chi connectivity index (χ4n) is 2.60. The van der Waals surface area contributed by atoms with Crippen molar-refractivity contribution in [3.63, 3.8) is 0 Å². The third kappa shape index (κ3) is 5.13. The van der Waals surface area contributed by atoms with E-state index < -0.39 is 0 Å². The third-order valence-electron chi connectivity index (χ3n) is 3.99. The van der Waals surface area contributed by atoms with Crippen LogP contribution < -0.4 is 19.5 Å². The van der Waals surface area contributed by atoms with Gasteiger partial charge in [0, 0.05) is 32.1 Å². The molecule has 1 aromatic heterocycles. The number of amides is 2. The molecule has 0 saturated carbocycles. The van der Waals surface area contributed by atoms with Crippen LogP contribution in [0, 0.1) is 0 Å². The lowest BCUT2D eigenvalue weighted by atomic mass is 10.1. The van der Waals surface area contributed by atoms with Gasteiger partial charge < -0.3 is 24.4 Å². The van der Waals surface area contributed by atoms with E-state index in [1.54, 1.807) is 38.3 Å². The molecule has 2 rings (SSSR count). The highest BCUT2D eigenvalue weighted by Gasteiger charge is 2.18. The second kappa shape index (κ2) is 9.82. The van der Waals surface area contributed by atoms with Crippen molar-refractivity contribution in [2.45, 2.75) is 13.0 Å². The molecule has 2 aromatic rings. The maximum absolute atomic E-state index is 12.4. The van der Waals surface area contributed by atoms with Gasteiger partial charge >= 0.3 is 0 Å². The van der Waals surface area contributed by atoms with Gasteiger partial charge in [0.15, 0.2) is 11.5 Å². The highest BCUT2D eigenvalue weighted by atomic mass is 32.1. The molecule has 0 aliphatic rings. The molecule has 0 fully saturated rings. The van der Waals surface area contributed by atoms with E-state index >= 15 is 0 Å². The van der Waals surface area contributed by atoms with Gasteiger partial charge in [-0.1, -0.05) is 6.07 Å². The normalized spacial score (nSPS) is 10.2. The van der Waals surface area contributed by atoms with Crippen LogP contribution in [-0.2, 0) is 11.3 Å². The largest absolute Gasteiger partial charge is 0.493 e. The van der Waals surface area contributed by atoms with E-state index in [2.05, 4.69) is 5.32 Å². The maximum Gasteiger partial charge on any atom is 0.261 e. The van der Waals surface area contributed by atoms with E-state index in [-0.39, 0.29) is 24.8 Å². The topological polar surface area (TPSA) is 77.1 Å². The number of ether oxygens (including phenoxy) is 3. The molecule has 0 atom stereocenters. The van der Waals surface area contributed by atoms with Gasteiger partial charge in [-0.3, -0.25) is 9.59 Å². The van der Waals surface area contributed by atoms with Crippen molar-refractivity contribution in [2.75, 3.05) is 34.9 Å². The molecule has 0 saturated heterocycles. The Balaban J connectivity index is 1.95. The fraction of sp³-hybridized carbons (Fsp3) is 0.368. The van der Waals surface area contributed by atoms with Crippen molar-refractivity contribution in [2.24, 2.45) is 0 Å². The van der Waals surface area contributed by atoms with Crippen LogP contribution in [0.1, 0.15) is 21.7 Å². The van der Waals surface area contributed by atoms with Crippen molar-refractivity contribution in [3.8, 4) is 17.2 Å². The van der Waals surface area contributed by atoms with Gasteiger partial charge in [0.2, 0.25) is 11.7 Å². The lowest BCUT2D eigenvalue weighted by molar-refractivity contribution is -0.130. The smallest absolute Gasteiger partial charge is 0.261 e. The Morgan fingerprint density at radius 1 is 1.07 bits per heavy atom. The van der Waals surface area contributed by atoms with Gasteiger partial charge in [0.25, 0.3) is 5.91 Å². The van der Waals surface area contributed by atoms with Crippen LogP contribution in [-0.4, -0.2) is 51.6 Å². The van der Waals surface area contributed by atoms with E-state index in [1.165, 1.54) is 18.4 Å². The Morgan fingerprint density at radius 2 is 1.81 bits per heavy atom. The minimum absolute atomic E-state index is 0.0849. The van der Waals surface area contributed by atoms with Gasteiger partial charge in [-0.15, -0.1) is 11.3 Å². The first-order valence-corrected chi connectivity index (χ1v) is 9.23. The minimum atomic E-state index is -0.165. The summed E-state index contributed by atoms with van der Waals surface area (Å²) in [7, 11) is 6.34. The van der Waals surface area contributed by atoms with Gasteiger partial charge in [-0.25, -0.2) is 0 Å². The number of thiophene rings is 1. The van der Waals surface area contributed by atoms with E-state index in [0.29, 0.717) is 28.7 Å². The second-order valence-corrected chi connectivity index (χ2v) is 6.67. The number of benzene rings is 1. The van der Waals surface area contributed by atoms with E-state index in [4.69, 9.17) is 14.2 Å². The molecule has 0 radical (unpaired) electrons. The third-order valence-corrected chi connectivity index (χ3v) is 4.86. The zero-order valence-electron chi connectivity index (χ0n) is 15.9. The first-order valence-electron chi connectivity index (χ1n) is 8.35. The summed E-state index contributed by atoms with van der Waals surface area (Å²) in [5.41, 5.74) is 0.800. The molecule has 8 heteroatoms. The average Bonchev–Trinajstić information content (AvgIpc) is 3.22. The molecule has 27 heavy (non-hydrogen) atoms. The van der Waals surface area contributed by atoms with Crippen LogP contribution >= 0.6 is 11.3 Å². The molecule has 146 valence electrons. The monoisotopic (exact) mass is 392 g/mol. The fourth-order valence-corrected chi connectivity index (χ4v) is 3.24. The Morgan fingerprint density at radius 3 is 2.41 bits per heavy atom. The molecular weight excluding hydrogens is 368 g/mol. The summed E-state index contributed by atoms with van der Waals surface area (Å²) in [6.07, 6.45) is 0.212. The van der Waals surface area contributed by atoms with Crippen molar-refractivity contribution in [1.82, 2.24) is 10.2 Å². The lowest BCUT2D eigenvalue weighted by Crippen LogP contribution is -2.31. The SMILES string of the molecule is COc1ccc(CN(C)C(=O)CCNC(=O)c2cccs2)c(OC)c1OC. The van der Waals surface area contributed by atoms with Crippen molar-refractivity contribution < 1.29 is 23.8 Å². The van der Waals surface area contributed by atoms with Crippen LogP contribution in [0.2, 0.25) is 0 Å². The minimum Gasteiger partial charge on any atom is -0.493 e. The molecule has 0 unspecified atom stereocenters. The second-order valence-electron chi connectivity index (χ2n) is 5.73. The molecule has 0 spiro atoms. The van der Waals surface area contributed by atoms with Crippen molar-refractivity contribution in [1.29, 1.82) is 0 Å². The number of nitrogens with one attached hydrogen (secondary N) is 1. The van der Waals surface area contributed by atoms with Crippen LogP contribution in [0.3, 0.4) is 0 Å². The number of hydrogen-bond donors (Lipinski definition) is 1. The molecule has 1 N–H and O–H groups in total. The molecule has 7 nitrogen and oxygen atoms in total. The van der Waals surface area contributed by atoms with E-state index in [9.17, 15) is 9.59 Å². The summed E-state index contributed by atoms with van der Waals surface area (Å²) in [5.74, 6) is 1.33. The molecule has 0 aliphatic carbocycles. The number of hydrogen-bond acceptors (Lipinski definition) is 6. The summed E-state index contributed by atoms with van der Waals surface area (Å²) in [6.45, 7) is 0.629. The number of carbonyl (C=O) groups is 2. The van der Waals surface area contributed by atoms with Crippen molar-refractivity contribution in [3.05, 3.63) is 40.1 Å². The van der Waals surface area contributed by atoms with Crippen LogP contribution in [0.25, 0.3) is 0 Å². The highest BCUT2D eigenvalue weighted by molar-refractivity contribution is 7.12. The summed E-state index contributed by atoms with van der Waals surface area (Å²) in [4.78, 5) is 26.5. The summed E-state index contributed by atoms with van der Waals surface area (Å²) in [5, 5.41) is 4.59. The van der Waals surface area contributed by atoms with Crippen LogP contribution in [0.5, 0.6) is 17.2 Å². The quantitative estimate of drug-likeness (QED) is 0.710. The molecular formula is C19H24N2O5S. The Labute approximate surface area is 162 Å². The summed E-state index contributed by atoms with van der Waals surface area (Å²) in [6, 6.07) is 7.17. The van der Waals surface area contributed by atoms with Crippen LogP contribution in [0.4, 0.5) is 0 Å². The Kier molecular flexibility index (Phi) is 7.48. The molecule has 1 heterocycles. The number of methoxy groups -OCH3 is 3. The molecule has 2 amide bonds. The zero-order valence-corrected chi connectivity index (χ0v) is 16.7.